The third-order valence-electron chi connectivity index (χ3n) is 3.35. The van der Waals surface area contributed by atoms with Crippen LogP contribution in [0, 0.1) is 5.92 Å². The van der Waals surface area contributed by atoms with Gasteiger partial charge < -0.3 is 15.8 Å². The van der Waals surface area contributed by atoms with Gasteiger partial charge in [-0.15, -0.1) is 0 Å². The SMILES string of the molecule is CCOCC(Nc1ccc2cc(N)ccc2n1)C(C)C. The van der Waals surface area contributed by atoms with Gasteiger partial charge in [-0.25, -0.2) is 4.98 Å². The second kappa shape index (κ2) is 6.57. The van der Waals surface area contributed by atoms with Gasteiger partial charge in [0.2, 0.25) is 0 Å². The lowest BCUT2D eigenvalue weighted by Gasteiger charge is -2.22. The Labute approximate surface area is 120 Å². The summed E-state index contributed by atoms with van der Waals surface area (Å²) < 4.78 is 5.53. The van der Waals surface area contributed by atoms with E-state index in [9.17, 15) is 0 Å². The van der Waals surface area contributed by atoms with E-state index in [0.717, 1.165) is 29.0 Å². The Balaban J connectivity index is 2.17. The summed E-state index contributed by atoms with van der Waals surface area (Å²) in [7, 11) is 0. The molecule has 0 aliphatic carbocycles. The molecule has 0 amide bonds. The largest absolute Gasteiger partial charge is 0.399 e. The van der Waals surface area contributed by atoms with Gasteiger partial charge >= 0.3 is 0 Å². The second-order valence-electron chi connectivity index (χ2n) is 5.30. The van der Waals surface area contributed by atoms with Crippen molar-refractivity contribution in [2.45, 2.75) is 26.8 Å². The zero-order valence-corrected chi connectivity index (χ0v) is 12.4. The predicted octanol–water partition coefficient (Wildman–Crippen LogP) is 3.29. The Kier molecular flexibility index (Phi) is 4.79. The van der Waals surface area contributed by atoms with E-state index in [1.54, 1.807) is 0 Å². The van der Waals surface area contributed by atoms with Crippen LogP contribution in [0.3, 0.4) is 0 Å². The van der Waals surface area contributed by atoms with E-state index in [0.29, 0.717) is 12.5 Å². The van der Waals surface area contributed by atoms with Crippen molar-refractivity contribution >= 4 is 22.4 Å². The fraction of sp³-hybridized carbons (Fsp3) is 0.438. The van der Waals surface area contributed by atoms with Crippen LogP contribution in [0.1, 0.15) is 20.8 Å². The zero-order chi connectivity index (χ0) is 14.5. The van der Waals surface area contributed by atoms with E-state index in [4.69, 9.17) is 10.5 Å². The van der Waals surface area contributed by atoms with Crippen molar-refractivity contribution < 1.29 is 4.74 Å². The molecule has 2 aromatic rings. The van der Waals surface area contributed by atoms with E-state index in [1.165, 1.54) is 0 Å². The number of hydrogen-bond donors (Lipinski definition) is 2. The van der Waals surface area contributed by atoms with Gasteiger partial charge in [-0.3, -0.25) is 0 Å². The maximum atomic E-state index is 5.78. The summed E-state index contributed by atoms with van der Waals surface area (Å²) in [5.41, 5.74) is 7.49. The van der Waals surface area contributed by atoms with E-state index in [-0.39, 0.29) is 6.04 Å². The highest BCUT2D eigenvalue weighted by atomic mass is 16.5. The third-order valence-corrected chi connectivity index (χ3v) is 3.35. The van der Waals surface area contributed by atoms with Crippen LogP contribution < -0.4 is 11.1 Å². The van der Waals surface area contributed by atoms with E-state index in [2.05, 4.69) is 24.1 Å². The molecule has 1 unspecified atom stereocenters. The minimum atomic E-state index is 0.258. The first-order chi connectivity index (χ1) is 9.60. The van der Waals surface area contributed by atoms with Gasteiger partial charge in [0.1, 0.15) is 5.82 Å². The molecule has 1 aromatic carbocycles. The van der Waals surface area contributed by atoms with Crippen LogP contribution in [0.25, 0.3) is 10.9 Å². The number of nitrogens with zero attached hydrogens (tertiary/aromatic N) is 1. The van der Waals surface area contributed by atoms with Crippen LogP contribution in [0.15, 0.2) is 30.3 Å². The first-order valence-electron chi connectivity index (χ1n) is 7.10. The molecule has 0 aliphatic heterocycles. The molecule has 2 rings (SSSR count). The fourth-order valence-corrected chi connectivity index (χ4v) is 2.06. The molecule has 1 aromatic heterocycles. The van der Waals surface area contributed by atoms with Gasteiger partial charge in [-0.05, 0) is 43.2 Å². The molecule has 0 saturated carbocycles. The summed E-state index contributed by atoms with van der Waals surface area (Å²) in [6.07, 6.45) is 0. The predicted molar refractivity (Wildman–Crippen MR) is 84.9 cm³/mol. The van der Waals surface area contributed by atoms with Gasteiger partial charge in [0, 0.05) is 17.7 Å². The summed E-state index contributed by atoms with van der Waals surface area (Å²) in [5, 5.41) is 4.51. The molecular weight excluding hydrogens is 250 g/mol. The molecule has 0 saturated heterocycles. The lowest BCUT2D eigenvalue weighted by Crippen LogP contribution is -2.31. The minimum absolute atomic E-state index is 0.258. The third kappa shape index (κ3) is 3.61. The highest BCUT2D eigenvalue weighted by Crippen LogP contribution is 2.19. The number of fused-ring (bicyclic) bond motifs is 1. The number of nitrogen functional groups attached to an aromatic ring is 1. The minimum Gasteiger partial charge on any atom is -0.399 e. The average molecular weight is 273 g/mol. The lowest BCUT2D eigenvalue weighted by molar-refractivity contribution is 0.126. The van der Waals surface area contributed by atoms with Gasteiger partial charge in [0.25, 0.3) is 0 Å². The molecule has 108 valence electrons. The molecule has 0 spiro atoms. The number of rotatable bonds is 6. The summed E-state index contributed by atoms with van der Waals surface area (Å²) in [5.74, 6) is 1.35. The van der Waals surface area contributed by atoms with Crippen LogP contribution in [-0.2, 0) is 4.74 Å². The highest BCUT2D eigenvalue weighted by molar-refractivity contribution is 5.83. The standard InChI is InChI=1S/C16H23N3O/c1-4-20-10-15(11(2)3)19-16-8-5-12-9-13(17)6-7-14(12)18-16/h5-9,11,15H,4,10,17H2,1-3H3,(H,18,19). The molecule has 4 heteroatoms. The number of pyridine rings is 1. The normalized spacial score (nSPS) is 12.8. The quantitative estimate of drug-likeness (QED) is 0.793. The summed E-state index contributed by atoms with van der Waals surface area (Å²) >= 11 is 0. The lowest BCUT2D eigenvalue weighted by atomic mass is 10.1. The van der Waals surface area contributed by atoms with Crippen molar-refractivity contribution in [2.75, 3.05) is 24.3 Å². The van der Waals surface area contributed by atoms with Crippen LogP contribution in [0.2, 0.25) is 0 Å². The van der Waals surface area contributed by atoms with Gasteiger partial charge in [-0.2, -0.15) is 0 Å². The van der Waals surface area contributed by atoms with Crippen molar-refractivity contribution in [3.8, 4) is 0 Å². The van der Waals surface area contributed by atoms with Gasteiger partial charge in [0.15, 0.2) is 0 Å². The highest BCUT2D eigenvalue weighted by Gasteiger charge is 2.13. The van der Waals surface area contributed by atoms with Crippen molar-refractivity contribution in [1.82, 2.24) is 4.98 Å². The topological polar surface area (TPSA) is 60.2 Å². The van der Waals surface area contributed by atoms with E-state index < -0.39 is 0 Å². The first-order valence-corrected chi connectivity index (χ1v) is 7.10. The molecule has 20 heavy (non-hydrogen) atoms. The number of anilines is 2. The van der Waals surface area contributed by atoms with Crippen molar-refractivity contribution in [1.29, 1.82) is 0 Å². The maximum Gasteiger partial charge on any atom is 0.126 e. The van der Waals surface area contributed by atoms with E-state index >= 15 is 0 Å². The summed E-state index contributed by atoms with van der Waals surface area (Å²) in [6.45, 7) is 7.79. The van der Waals surface area contributed by atoms with Crippen LogP contribution in [0.4, 0.5) is 11.5 Å². The van der Waals surface area contributed by atoms with Crippen molar-refractivity contribution in [3.63, 3.8) is 0 Å². The molecule has 1 heterocycles. The van der Waals surface area contributed by atoms with Crippen molar-refractivity contribution in [3.05, 3.63) is 30.3 Å². The number of nitrogens with two attached hydrogens (primary N) is 1. The number of aromatic nitrogens is 1. The number of benzene rings is 1. The molecule has 0 radical (unpaired) electrons. The first kappa shape index (κ1) is 14.6. The van der Waals surface area contributed by atoms with Gasteiger partial charge in [0.05, 0.1) is 18.2 Å². The van der Waals surface area contributed by atoms with Crippen LogP contribution in [-0.4, -0.2) is 24.2 Å². The number of ether oxygens (including phenoxy) is 1. The zero-order valence-electron chi connectivity index (χ0n) is 12.4. The molecule has 0 aliphatic rings. The van der Waals surface area contributed by atoms with Crippen molar-refractivity contribution in [2.24, 2.45) is 5.92 Å². The van der Waals surface area contributed by atoms with Gasteiger partial charge in [-0.1, -0.05) is 13.8 Å². The number of nitrogens with one attached hydrogen (secondary N) is 1. The molecule has 0 fully saturated rings. The number of hydrogen-bond acceptors (Lipinski definition) is 4. The smallest absolute Gasteiger partial charge is 0.126 e. The van der Waals surface area contributed by atoms with Crippen LogP contribution in [0.5, 0.6) is 0 Å². The summed E-state index contributed by atoms with van der Waals surface area (Å²) in [4.78, 5) is 4.62. The van der Waals surface area contributed by atoms with E-state index in [1.807, 2.05) is 37.3 Å². The fourth-order valence-electron chi connectivity index (χ4n) is 2.06. The Morgan fingerprint density at radius 2 is 2.05 bits per heavy atom. The Hall–Kier alpha value is -1.81. The second-order valence-corrected chi connectivity index (χ2v) is 5.30. The summed E-state index contributed by atoms with van der Waals surface area (Å²) in [6, 6.07) is 10.0. The average Bonchev–Trinajstić information content (AvgIpc) is 2.43. The monoisotopic (exact) mass is 273 g/mol. The Bertz CT molecular complexity index is 569. The maximum absolute atomic E-state index is 5.78. The molecule has 1 atom stereocenters. The molecule has 0 bridgehead atoms. The Morgan fingerprint density at radius 1 is 1.25 bits per heavy atom. The Morgan fingerprint density at radius 3 is 2.75 bits per heavy atom. The molecular formula is C16H23N3O. The van der Waals surface area contributed by atoms with Crippen LogP contribution >= 0.6 is 0 Å². The molecule has 4 nitrogen and oxygen atoms in total. The molecule has 3 N–H and O–H groups in total.